The minimum atomic E-state index is 0.107. The van der Waals surface area contributed by atoms with Gasteiger partial charge in [-0.1, -0.05) is 60.7 Å². The standard InChI is InChI=1S/C24H23NO2/c1-27-20-14-11-19(12-15-20)17-25-23(16-13-18-7-3-2-4-8-18)21-9-5-6-10-22(21)24(25)26/h2-12,14-15,23H,13,16-17H2,1H3. The van der Waals surface area contributed by atoms with Gasteiger partial charge in [-0.2, -0.15) is 0 Å². The molecule has 3 aromatic carbocycles. The number of methoxy groups -OCH3 is 1. The van der Waals surface area contributed by atoms with E-state index in [4.69, 9.17) is 4.74 Å². The molecule has 1 heterocycles. The number of ether oxygens (including phenoxy) is 1. The normalized spacial score (nSPS) is 15.7. The zero-order chi connectivity index (χ0) is 18.6. The molecular weight excluding hydrogens is 334 g/mol. The van der Waals surface area contributed by atoms with Crippen LogP contribution in [0.3, 0.4) is 0 Å². The summed E-state index contributed by atoms with van der Waals surface area (Å²) < 4.78 is 5.24. The first-order valence-corrected chi connectivity index (χ1v) is 9.33. The van der Waals surface area contributed by atoms with Gasteiger partial charge in [0.25, 0.3) is 5.91 Å². The van der Waals surface area contributed by atoms with Crippen LogP contribution in [0, 0.1) is 0 Å². The maximum absolute atomic E-state index is 13.0. The van der Waals surface area contributed by atoms with Crippen LogP contribution in [0.5, 0.6) is 5.75 Å². The Morgan fingerprint density at radius 1 is 0.852 bits per heavy atom. The summed E-state index contributed by atoms with van der Waals surface area (Å²) in [6.07, 6.45) is 1.87. The molecule has 0 spiro atoms. The first-order valence-electron chi connectivity index (χ1n) is 9.33. The predicted molar refractivity (Wildman–Crippen MR) is 107 cm³/mol. The number of amides is 1. The van der Waals surface area contributed by atoms with Crippen LogP contribution in [0.2, 0.25) is 0 Å². The van der Waals surface area contributed by atoms with Crippen LogP contribution in [0.1, 0.15) is 39.5 Å². The van der Waals surface area contributed by atoms with Crippen molar-refractivity contribution in [2.75, 3.05) is 7.11 Å². The summed E-state index contributed by atoms with van der Waals surface area (Å²) in [4.78, 5) is 15.1. The number of benzene rings is 3. The van der Waals surface area contributed by atoms with E-state index in [1.807, 2.05) is 53.4 Å². The van der Waals surface area contributed by atoms with Crippen molar-refractivity contribution in [2.45, 2.75) is 25.4 Å². The highest BCUT2D eigenvalue weighted by Crippen LogP contribution is 2.37. The number of hydrogen-bond donors (Lipinski definition) is 0. The maximum atomic E-state index is 13.0. The number of hydrogen-bond acceptors (Lipinski definition) is 2. The van der Waals surface area contributed by atoms with E-state index >= 15 is 0 Å². The van der Waals surface area contributed by atoms with E-state index in [-0.39, 0.29) is 11.9 Å². The molecule has 0 aliphatic carbocycles. The zero-order valence-electron chi connectivity index (χ0n) is 15.5. The molecule has 1 unspecified atom stereocenters. The van der Waals surface area contributed by atoms with Crippen molar-refractivity contribution in [3.05, 3.63) is 101 Å². The SMILES string of the molecule is COc1ccc(CN2C(=O)c3ccccc3C2CCc2ccccc2)cc1. The van der Waals surface area contributed by atoms with Gasteiger partial charge >= 0.3 is 0 Å². The third kappa shape index (κ3) is 3.59. The van der Waals surface area contributed by atoms with E-state index < -0.39 is 0 Å². The fourth-order valence-corrected chi connectivity index (χ4v) is 3.82. The van der Waals surface area contributed by atoms with Crippen LogP contribution in [-0.2, 0) is 13.0 Å². The Morgan fingerprint density at radius 3 is 2.30 bits per heavy atom. The number of rotatable bonds is 6. The molecule has 1 aliphatic heterocycles. The number of aryl methyl sites for hydroxylation is 1. The summed E-state index contributed by atoms with van der Waals surface area (Å²) in [5.41, 5.74) is 4.40. The number of nitrogens with zero attached hydrogens (tertiary/aromatic N) is 1. The minimum absolute atomic E-state index is 0.107. The van der Waals surface area contributed by atoms with Crippen LogP contribution in [-0.4, -0.2) is 17.9 Å². The highest BCUT2D eigenvalue weighted by Gasteiger charge is 2.35. The molecule has 0 bridgehead atoms. The Kier molecular flexibility index (Phi) is 4.93. The van der Waals surface area contributed by atoms with E-state index in [2.05, 4.69) is 30.3 Å². The average molecular weight is 357 g/mol. The molecule has 4 rings (SSSR count). The van der Waals surface area contributed by atoms with Crippen LogP contribution in [0.15, 0.2) is 78.9 Å². The smallest absolute Gasteiger partial charge is 0.255 e. The van der Waals surface area contributed by atoms with Crippen molar-refractivity contribution in [3.63, 3.8) is 0 Å². The molecule has 0 N–H and O–H groups in total. The molecule has 3 aromatic rings. The topological polar surface area (TPSA) is 29.5 Å². The van der Waals surface area contributed by atoms with E-state index in [0.29, 0.717) is 6.54 Å². The van der Waals surface area contributed by atoms with Crippen LogP contribution in [0.25, 0.3) is 0 Å². The lowest BCUT2D eigenvalue weighted by Crippen LogP contribution is -2.28. The van der Waals surface area contributed by atoms with Gasteiger partial charge in [0.05, 0.1) is 13.2 Å². The molecule has 1 aliphatic rings. The molecule has 0 radical (unpaired) electrons. The average Bonchev–Trinajstić information content (AvgIpc) is 2.99. The monoisotopic (exact) mass is 357 g/mol. The van der Waals surface area contributed by atoms with Gasteiger partial charge in [0.2, 0.25) is 0 Å². The third-order valence-electron chi connectivity index (χ3n) is 5.25. The molecule has 0 fully saturated rings. The molecule has 3 heteroatoms. The summed E-state index contributed by atoms with van der Waals surface area (Å²) in [6.45, 7) is 0.608. The second kappa shape index (κ2) is 7.67. The Bertz CT molecular complexity index is 919. The van der Waals surface area contributed by atoms with Gasteiger partial charge in [-0.3, -0.25) is 4.79 Å². The van der Waals surface area contributed by atoms with E-state index in [0.717, 1.165) is 35.3 Å². The van der Waals surface area contributed by atoms with Gasteiger partial charge in [0.1, 0.15) is 5.75 Å². The first-order chi connectivity index (χ1) is 13.3. The lowest BCUT2D eigenvalue weighted by Gasteiger charge is -2.26. The van der Waals surface area contributed by atoms with Gasteiger partial charge in [-0.15, -0.1) is 0 Å². The number of carbonyl (C=O) groups excluding carboxylic acids is 1. The van der Waals surface area contributed by atoms with Crippen molar-refractivity contribution in [3.8, 4) is 5.75 Å². The van der Waals surface area contributed by atoms with E-state index in [9.17, 15) is 4.79 Å². The van der Waals surface area contributed by atoms with Crippen molar-refractivity contribution in [1.82, 2.24) is 4.90 Å². The molecule has 0 saturated carbocycles. The van der Waals surface area contributed by atoms with Crippen molar-refractivity contribution < 1.29 is 9.53 Å². The minimum Gasteiger partial charge on any atom is -0.497 e. The number of carbonyl (C=O) groups is 1. The second-order valence-corrected chi connectivity index (χ2v) is 6.91. The van der Waals surface area contributed by atoms with Gasteiger partial charge in [0, 0.05) is 12.1 Å². The Morgan fingerprint density at radius 2 is 1.56 bits per heavy atom. The highest BCUT2D eigenvalue weighted by atomic mass is 16.5. The molecular formula is C24H23NO2. The highest BCUT2D eigenvalue weighted by molar-refractivity contribution is 5.99. The largest absolute Gasteiger partial charge is 0.497 e. The Hall–Kier alpha value is -3.07. The van der Waals surface area contributed by atoms with E-state index in [1.54, 1.807) is 7.11 Å². The lowest BCUT2D eigenvalue weighted by molar-refractivity contribution is 0.0702. The third-order valence-corrected chi connectivity index (χ3v) is 5.25. The molecule has 1 amide bonds. The van der Waals surface area contributed by atoms with Crippen LogP contribution >= 0.6 is 0 Å². The molecule has 0 saturated heterocycles. The van der Waals surface area contributed by atoms with Crippen molar-refractivity contribution in [2.24, 2.45) is 0 Å². The Balaban J connectivity index is 1.58. The fraction of sp³-hybridized carbons (Fsp3) is 0.208. The predicted octanol–water partition coefficient (Wildman–Crippen LogP) is 5.03. The lowest BCUT2D eigenvalue weighted by atomic mass is 9.98. The summed E-state index contributed by atoms with van der Waals surface area (Å²) in [5, 5.41) is 0. The Labute approximate surface area is 160 Å². The number of fused-ring (bicyclic) bond motifs is 1. The first kappa shape index (κ1) is 17.3. The van der Waals surface area contributed by atoms with Gasteiger partial charge in [0.15, 0.2) is 0 Å². The van der Waals surface area contributed by atoms with Crippen LogP contribution < -0.4 is 4.74 Å². The van der Waals surface area contributed by atoms with E-state index in [1.165, 1.54) is 5.56 Å². The van der Waals surface area contributed by atoms with Gasteiger partial charge in [-0.25, -0.2) is 0 Å². The molecule has 136 valence electrons. The van der Waals surface area contributed by atoms with Gasteiger partial charge in [-0.05, 0) is 47.7 Å². The summed E-state index contributed by atoms with van der Waals surface area (Å²) in [6, 6.07) is 26.5. The zero-order valence-corrected chi connectivity index (χ0v) is 15.5. The maximum Gasteiger partial charge on any atom is 0.255 e. The molecule has 1 atom stereocenters. The summed E-state index contributed by atoms with van der Waals surface area (Å²) in [7, 11) is 1.66. The summed E-state index contributed by atoms with van der Waals surface area (Å²) >= 11 is 0. The quantitative estimate of drug-likeness (QED) is 0.619. The van der Waals surface area contributed by atoms with Crippen LogP contribution in [0.4, 0.5) is 0 Å². The fourth-order valence-electron chi connectivity index (χ4n) is 3.82. The molecule has 3 nitrogen and oxygen atoms in total. The van der Waals surface area contributed by atoms with Crippen molar-refractivity contribution >= 4 is 5.91 Å². The molecule has 27 heavy (non-hydrogen) atoms. The van der Waals surface area contributed by atoms with Crippen molar-refractivity contribution in [1.29, 1.82) is 0 Å². The second-order valence-electron chi connectivity index (χ2n) is 6.91. The van der Waals surface area contributed by atoms with Gasteiger partial charge < -0.3 is 9.64 Å². The summed E-state index contributed by atoms with van der Waals surface area (Å²) in [5.74, 6) is 0.954. The molecule has 0 aromatic heterocycles.